The van der Waals surface area contributed by atoms with E-state index in [1.54, 1.807) is 13.8 Å². The van der Waals surface area contributed by atoms with E-state index in [9.17, 15) is 69.9 Å². The zero-order valence-electron chi connectivity index (χ0n) is 62.5. The first kappa shape index (κ1) is 85.2. The number of fused-ring (bicyclic) bond motifs is 15. The van der Waals surface area contributed by atoms with Gasteiger partial charge in [-0.15, -0.1) is 0 Å². The van der Waals surface area contributed by atoms with E-state index < -0.39 is 221 Å². The monoisotopic (exact) mass is 1600 g/mol. The van der Waals surface area contributed by atoms with Crippen LogP contribution < -0.4 is 46.5 Å². The van der Waals surface area contributed by atoms with Crippen molar-refractivity contribution in [2.45, 2.75) is 229 Å². The quantitative estimate of drug-likeness (QED) is 0.0234. The van der Waals surface area contributed by atoms with Gasteiger partial charge in [0.2, 0.25) is 53.7 Å². The lowest BCUT2D eigenvalue weighted by Crippen LogP contribution is -2.66. The van der Waals surface area contributed by atoms with Gasteiger partial charge in [-0.3, -0.25) is 43.2 Å². The van der Waals surface area contributed by atoms with E-state index in [-0.39, 0.29) is 81.0 Å². The Balaban J connectivity index is 1.19. The van der Waals surface area contributed by atoms with Gasteiger partial charge in [-0.1, -0.05) is 108 Å². The summed E-state index contributed by atoms with van der Waals surface area (Å²) in [6, 6.07) is 8.37. The summed E-state index contributed by atoms with van der Waals surface area (Å²) in [4.78, 5) is 131. The van der Waals surface area contributed by atoms with Gasteiger partial charge in [0.1, 0.15) is 83.5 Å². The van der Waals surface area contributed by atoms with E-state index in [1.807, 2.05) is 13.8 Å². The number of nitrogens with two attached hydrogens (primary N) is 1. The maximum atomic E-state index is 16.3. The van der Waals surface area contributed by atoms with E-state index in [1.165, 1.54) is 43.3 Å². The summed E-state index contributed by atoms with van der Waals surface area (Å²) in [5.41, 5.74) is 2.39. The molecule has 18 atom stereocenters. The van der Waals surface area contributed by atoms with Crippen molar-refractivity contribution in [1.29, 1.82) is 0 Å². The van der Waals surface area contributed by atoms with Gasteiger partial charge in [0, 0.05) is 60.8 Å². The van der Waals surface area contributed by atoms with Crippen molar-refractivity contribution >= 4 is 76.7 Å². The summed E-state index contributed by atoms with van der Waals surface area (Å²) < 4.78 is 44.6. The van der Waals surface area contributed by atoms with Crippen LogP contribution in [0.15, 0.2) is 78.9 Å². The maximum Gasteiger partial charge on any atom is 0.295 e. The summed E-state index contributed by atoms with van der Waals surface area (Å²) in [5, 5.41) is 118. The smallest absolute Gasteiger partial charge is 0.295 e. The maximum absolute atomic E-state index is 16.3. The Bertz CT molecular complexity index is 4320. The number of Topliss-reactive ketones (excluding diaryl/α,β-unsaturated/α-hetero) is 2. The molecular formula is C79H96Cl2N6O25. The molecule has 7 heterocycles. The molecule has 5 aromatic rings. The van der Waals surface area contributed by atoms with Gasteiger partial charge in [0.25, 0.3) is 6.47 Å². The predicted octanol–water partition coefficient (Wildman–Crippen LogP) is 6.86. The number of carbonyl (C=O) groups is 9. The molecule has 0 aliphatic carbocycles. The van der Waals surface area contributed by atoms with Crippen molar-refractivity contribution in [3.63, 3.8) is 0 Å². The van der Waals surface area contributed by atoms with Crippen LogP contribution >= 0.6 is 23.2 Å². The van der Waals surface area contributed by atoms with E-state index in [0.29, 0.717) is 19.3 Å². The van der Waals surface area contributed by atoms with Crippen LogP contribution in [-0.4, -0.2) is 173 Å². The molecule has 2 saturated heterocycles. The first-order chi connectivity index (χ1) is 53.2. The fraction of sp³-hybridized carbons (Fsp3) is 0.506. The van der Waals surface area contributed by atoms with Crippen molar-refractivity contribution in [2.24, 2.45) is 23.5 Å². The molecule has 6 amide bonds. The second-order valence-corrected chi connectivity index (χ2v) is 30.6. The number of hydrogen-bond acceptors (Lipinski definition) is 25. The number of rotatable bonds is 23. The van der Waals surface area contributed by atoms with Crippen LogP contribution in [0, 0.1) is 17.8 Å². The largest absolute Gasteiger partial charge is 0.508 e. The number of nitrogens with one attached hydrogen (secondary N) is 5. The van der Waals surface area contributed by atoms with Crippen LogP contribution in [0.25, 0.3) is 11.1 Å². The van der Waals surface area contributed by atoms with Crippen LogP contribution in [0.1, 0.15) is 190 Å². The number of unbranched alkanes of at least 4 members (excludes halogenated alkanes) is 6. The van der Waals surface area contributed by atoms with Crippen LogP contribution in [0.3, 0.4) is 0 Å². The predicted molar refractivity (Wildman–Crippen MR) is 399 cm³/mol. The van der Waals surface area contributed by atoms with Gasteiger partial charge < -0.3 is 111 Å². The van der Waals surface area contributed by atoms with Gasteiger partial charge in [0.15, 0.2) is 35.5 Å². The number of aliphatic hydroxyl groups is 6. The number of ketones is 2. The number of ether oxygens (including phenoxy) is 7. The second kappa shape index (κ2) is 37.1. The molecule has 7 aliphatic heterocycles. The van der Waals surface area contributed by atoms with E-state index in [0.717, 1.165) is 81.0 Å². The number of carbonyl (C=O) groups excluding carboxylic acids is 9. The lowest BCUT2D eigenvalue weighted by molar-refractivity contribution is -0.334. The summed E-state index contributed by atoms with van der Waals surface area (Å²) in [5.74, 6) is -17.1. The molecule has 12 rings (SSSR count). The highest BCUT2D eigenvalue weighted by Gasteiger charge is 2.53. The van der Waals surface area contributed by atoms with E-state index in [4.69, 9.17) is 62.1 Å². The molecule has 0 aromatic heterocycles. The number of amides is 6. The zero-order valence-corrected chi connectivity index (χ0v) is 64.0. The van der Waals surface area contributed by atoms with Gasteiger partial charge in [0.05, 0.1) is 40.1 Å². The molecule has 5 aromatic carbocycles. The van der Waals surface area contributed by atoms with E-state index >= 15 is 19.2 Å². The first-order valence-corrected chi connectivity index (χ1v) is 38.1. The van der Waals surface area contributed by atoms with Crippen LogP contribution in [0.5, 0.6) is 46.0 Å². The number of benzene rings is 5. The van der Waals surface area contributed by atoms with Crippen molar-refractivity contribution < 1.29 is 122 Å². The Hall–Kier alpha value is -9.25. The zero-order chi connectivity index (χ0) is 81.3. The molecule has 0 spiro atoms. The number of phenols is 3. The summed E-state index contributed by atoms with van der Waals surface area (Å²) in [7, 11) is 0. The van der Waals surface area contributed by atoms with Crippen LogP contribution in [-0.2, 0) is 62.1 Å². The Morgan fingerprint density at radius 2 is 1.37 bits per heavy atom. The Labute approximate surface area is 655 Å². The van der Waals surface area contributed by atoms with Gasteiger partial charge in [-0.05, 0) is 116 Å². The number of aliphatic hydroxyl groups excluding tert-OH is 6. The van der Waals surface area contributed by atoms with Crippen molar-refractivity contribution in [3.8, 4) is 57.1 Å². The topological polar surface area (TPSA) is 486 Å². The molecule has 31 nitrogen and oxygen atoms in total. The lowest BCUT2D eigenvalue weighted by Gasteiger charge is -2.48. The summed E-state index contributed by atoms with van der Waals surface area (Å²) >= 11 is 14.3. The van der Waals surface area contributed by atoms with Crippen molar-refractivity contribution in [3.05, 3.63) is 117 Å². The SMILES string of the molecule is CCCCCCCCCC(=O)NC1(C)C[C@H](O[C@H]2C(Oc3c4cc5cc3Oc3ccc(cc3Cl)[C@@H](O)[C@@H](NC(=O)[C@H](CC)CC(C)C)C(=O)C[C@@H](CC(N)=O)C(=O)N[C@H]5C(=O)C[C@@H]3C(=O)N[C@H](C(=O)N[C@H](OC=O)c5cc(O)cc(O)c5-c5cc3ccc5O)[C@H](O)c3ccc(c(Cl)c3)O4)O[C@H](CO)C(O)C2O)OC(C)[C@H]1O. The molecule has 11 bridgehead atoms. The second-order valence-electron chi connectivity index (χ2n) is 29.7. The molecule has 606 valence electrons. The minimum Gasteiger partial charge on any atom is -0.508 e. The van der Waals surface area contributed by atoms with Crippen LogP contribution in [0.2, 0.25) is 10.0 Å². The molecule has 112 heavy (non-hydrogen) atoms. The highest BCUT2D eigenvalue weighted by atomic mass is 35.5. The van der Waals surface area contributed by atoms with E-state index in [2.05, 4.69) is 33.5 Å². The fourth-order valence-electron chi connectivity index (χ4n) is 14.9. The first-order valence-electron chi connectivity index (χ1n) is 37.4. The van der Waals surface area contributed by atoms with Gasteiger partial charge in [-0.2, -0.15) is 0 Å². The van der Waals surface area contributed by atoms with Gasteiger partial charge >= 0.3 is 0 Å². The molecule has 0 saturated carbocycles. The third-order valence-corrected chi connectivity index (χ3v) is 21.5. The number of primary amides is 1. The summed E-state index contributed by atoms with van der Waals surface area (Å²) in [6.07, 6.45) is -15.6. The van der Waals surface area contributed by atoms with Crippen LogP contribution in [0.4, 0.5) is 0 Å². The lowest BCUT2D eigenvalue weighted by atomic mass is 9.84. The average Bonchev–Trinajstić information content (AvgIpc) is 0.767. The van der Waals surface area contributed by atoms with Gasteiger partial charge in [-0.25, -0.2) is 0 Å². The summed E-state index contributed by atoms with van der Waals surface area (Å²) in [6.45, 7) is 9.64. The van der Waals surface area contributed by atoms with Crippen molar-refractivity contribution in [2.75, 3.05) is 6.61 Å². The molecule has 5 unspecified atom stereocenters. The molecule has 7 aliphatic rings. The standard InChI is InChI=1S/C79H96Cl2N6O25/c1-7-9-10-11-12-13-14-15-60(96)87-79(6)33-61(107-37(5)72(79)101)111-71-69(100)68(99)58(34-88)110-78(71)112-70-56-27-42-28-57(70)109-55-21-18-41(25-49(55)81)67(98)65-76(105)86-77(106-35-89)47-30-44(90)31-51(92)62(47)46-23-39(16-19-50(46)91)45(75(104)85-65)32-53(94)63(42)83-74(103)43(29-59(82)95)26-52(93)64(84-73(102)38(8-2)22-36(3)4)66(97)40-17-20-54(108-56)48(80)24-40/h16-21,23-25,27-28,30-31,35-38,43,45,58,61,63-69,71-72,77-78,88,90-92,97-101H,7-15,22,26,29,32-34H2,1-6H3,(H2,82,95)(H,83,103)(H,84,102)(H,85,104)(H,86,105)(H,87,96)/t37?,38-,43+,45+,58-,61+,63-,64+,65+,66-,67-,68?,69?,71-,72-,77-,78?,79?/m1/s1. The fourth-order valence-corrected chi connectivity index (χ4v) is 15.3. The molecule has 2 fully saturated rings. The average molecular weight is 1600 g/mol. The molecular weight excluding hydrogens is 1500 g/mol. The number of hydrogen-bond donors (Lipinski definition) is 15. The Morgan fingerprint density at radius 1 is 0.723 bits per heavy atom. The number of phenolic OH excluding ortho intramolecular Hbond substituents is 3. The third kappa shape index (κ3) is 19.7. The van der Waals surface area contributed by atoms with Crippen molar-refractivity contribution in [1.82, 2.24) is 26.6 Å². The number of halogens is 2. The minimum absolute atomic E-state index is 0.0195. The molecule has 33 heteroatoms. The Morgan fingerprint density at radius 3 is 1.98 bits per heavy atom. The molecule has 16 N–H and O–H groups in total. The highest BCUT2D eigenvalue weighted by Crippen LogP contribution is 2.51. The third-order valence-electron chi connectivity index (χ3n) is 20.9. The normalized spacial score (nSPS) is 27.8. The minimum atomic E-state index is -2.19. The highest BCUT2D eigenvalue weighted by molar-refractivity contribution is 6.32. The molecule has 0 radical (unpaired) electrons. The Kier molecular flexibility index (Phi) is 28.3. The number of aromatic hydroxyl groups is 3.